The molecule has 0 fully saturated rings. The molecular weight excluding hydrogens is 264 g/mol. The van der Waals surface area contributed by atoms with Crippen molar-refractivity contribution in [1.29, 1.82) is 0 Å². The molecule has 0 aliphatic carbocycles. The van der Waals surface area contributed by atoms with E-state index < -0.39 is 0 Å². The minimum absolute atomic E-state index is 1.09. The van der Waals surface area contributed by atoms with E-state index >= 15 is 0 Å². The molecule has 0 bridgehead atoms. The number of unbranched alkanes of at least 4 members (excludes halogenated alkanes) is 2. The Morgan fingerprint density at radius 3 is 2.18 bits per heavy atom. The van der Waals surface area contributed by atoms with Gasteiger partial charge in [-0.25, -0.2) is 0 Å². The predicted molar refractivity (Wildman–Crippen MR) is 96.1 cm³/mol. The molecule has 2 aromatic carbocycles. The Balaban J connectivity index is 2.31. The maximum Gasteiger partial charge on any atom is 0.0283 e. The molecule has 2 rings (SSSR count). The highest BCUT2D eigenvalue weighted by molar-refractivity contribution is 5.49. The molecule has 0 amide bonds. The Bertz CT molecular complexity index is 626. The highest BCUT2D eigenvalue weighted by atomic mass is 14.1. The van der Waals surface area contributed by atoms with Crippen LogP contribution >= 0.6 is 0 Å². The topological polar surface area (TPSA) is 0 Å². The molecule has 0 saturated heterocycles. The van der Waals surface area contributed by atoms with Crippen LogP contribution in [0.1, 0.15) is 61.8 Å². The zero-order chi connectivity index (χ0) is 15.6. The van der Waals surface area contributed by atoms with Gasteiger partial charge >= 0.3 is 0 Å². The Hall–Kier alpha value is -2.00. The van der Waals surface area contributed by atoms with Gasteiger partial charge in [0, 0.05) is 11.1 Å². The first kappa shape index (κ1) is 16.4. The predicted octanol–water partition coefficient (Wildman–Crippen LogP) is 5.77. The van der Waals surface area contributed by atoms with Crippen LogP contribution in [0.3, 0.4) is 0 Å². The van der Waals surface area contributed by atoms with Crippen molar-refractivity contribution in [3.8, 4) is 11.8 Å². The first-order valence-electron chi connectivity index (χ1n) is 8.53. The third-order valence-electron chi connectivity index (χ3n) is 3.97. The van der Waals surface area contributed by atoms with Crippen molar-refractivity contribution in [1.82, 2.24) is 0 Å². The largest absolute Gasteiger partial charge is 0.0654 e. The Labute approximate surface area is 135 Å². The van der Waals surface area contributed by atoms with Crippen molar-refractivity contribution in [3.63, 3.8) is 0 Å². The van der Waals surface area contributed by atoms with Gasteiger partial charge in [-0.1, -0.05) is 68.9 Å². The second-order valence-corrected chi connectivity index (χ2v) is 5.77. The quantitative estimate of drug-likeness (QED) is 0.592. The summed E-state index contributed by atoms with van der Waals surface area (Å²) in [4.78, 5) is 0. The van der Waals surface area contributed by atoms with Crippen molar-refractivity contribution in [3.05, 3.63) is 70.8 Å². The van der Waals surface area contributed by atoms with Gasteiger partial charge < -0.3 is 0 Å². The molecule has 22 heavy (non-hydrogen) atoms. The monoisotopic (exact) mass is 290 g/mol. The van der Waals surface area contributed by atoms with E-state index in [9.17, 15) is 0 Å². The number of hydrogen-bond donors (Lipinski definition) is 0. The summed E-state index contributed by atoms with van der Waals surface area (Å²) in [5, 5.41) is 0. The van der Waals surface area contributed by atoms with E-state index in [0.29, 0.717) is 0 Å². The summed E-state index contributed by atoms with van der Waals surface area (Å²) in [5.41, 5.74) is 5.27. The van der Waals surface area contributed by atoms with Crippen molar-refractivity contribution in [2.45, 2.75) is 52.4 Å². The molecule has 0 aliphatic rings. The maximum absolute atomic E-state index is 3.41. The summed E-state index contributed by atoms with van der Waals surface area (Å²) in [6, 6.07) is 16.9. The molecule has 0 heteroatoms. The van der Waals surface area contributed by atoms with E-state index in [2.05, 4.69) is 56.0 Å². The van der Waals surface area contributed by atoms with Crippen LogP contribution in [-0.4, -0.2) is 0 Å². The number of aryl methyl sites for hydroxylation is 1. The van der Waals surface area contributed by atoms with Crippen molar-refractivity contribution < 1.29 is 0 Å². The lowest BCUT2D eigenvalue weighted by Crippen LogP contribution is -1.98. The molecule has 0 saturated carbocycles. The van der Waals surface area contributed by atoms with Crippen LogP contribution < -0.4 is 0 Å². The first-order valence-corrected chi connectivity index (χ1v) is 8.53. The average molecular weight is 290 g/mol. The second-order valence-electron chi connectivity index (χ2n) is 5.77. The summed E-state index contributed by atoms with van der Waals surface area (Å²) in [6.07, 6.45) is 7.30. The van der Waals surface area contributed by atoms with Crippen LogP contribution in [0.2, 0.25) is 0 Å². The van der Waals surface area contributed by atoms with Crippen LogP contribution in [0.4, 0.5) is 0 Å². The van der Waals surface area contributed by atoms with Gasteiger partial charge in [0.2, 0.25) is 0 Å². The molecule has 0 unspecified atom stereocenters. The Kier molecular flexibility index (Phi) is 6.78. The van der Waals surface area contributed by atoms with Gasteiger partial charge in [-0.2, -0.15) is 0 Å². The smallest absolute Gasteiger partial charge is 0.0283 e. The van der Waals surface area contributed by atoms with Gasteiger partial charge in [-0.15, -0.1) is 0 Å². The fourth-order valence-corrected chi connectivity index (χ4v) is 2.66. The first-order chi connectivity index (χ1) is 10.8. The van der Waals surface area contributed by atoms with Gasteiger partial charge in [0.1, 0.15) is 0 Å². The summed E-state index contributed by atoms with van der Waals surface area (Å²) in [6.45, 7) is 4.51. The summed E-state index contributed by atoms with van der Waals surface area (Å²) < 4.78 is 0. The zero-order valence-electron chi connectivity index (χ0n) is 13.9. The van der Waals surface area contributed by atoms with E-state index in [-0.39, 0.29) is 0 Å². The molecule has 0 aliphatic heterocycles. The molecule has 0 N–H and O–H groups in total. The molecule has 2 aromatic rings. The minimum Gasteiger partial charge on any atom is -0.0654 e. The molecule has 0 atom stereocenters. The van der Waals surface area contributed by atoms with E-state index in [1.807, 2.05) is 18.2 Å². The molecular formula is C22H26. The molecule has 0 radical (unpaired) electrons. The molecule has 0 nitrogen and oxygen atoms in total. The molecule has 114 valence electrons. The van der Waals surface area contributed by atoms with Crippen molar-refractivity contribution in [2.24, 2.45) is 0 Å². The van der Waals surface area contributed by atoms with E-state index in [1.54, 1.807) is 0 Å². The zero-order valence-corrected chi connectivity index (χ0v) is 13.9. The van der Waals surface area contributed by atoms with Crippen molar-refractivity contribution in [2.75, 3.05) is 0 Å². The highest BCUT2D eigenvalue weighted by Gasteiger charge is 2.06. The van der Waals surface area contributed by atoms with Gasteiger partial charge in [-0.3, -0.25) is 0 Å². The van der Waals surface area contributed by atoms with Gasteiger partial charge in [-0.05, 0) is 55.0 Å². The average Bonchev–Trinajstić information content (AvgIpc) is 2.57. The number of hydrogen-bond acceptors (Lipinski definition) is 0. The van der Waals surface area contributed by atoms with Crippen LogP contribution in [0.25, 0.3) is 0 Å². The lowest BCUT2D eigenvalue weighted by molar-refractivity contribution is 0.757. The molecule has 0 aromatic heterocycles. The van der Waals surface area contributed by atoms with E-state index in [0.717, 1.165) is 12.0 Å². The van der Waals surface area contributed by atoms with Crippen LogP contribution in [0.15, 0.2) is 48.5 Å². The highest BCUT2D eigenvalue weighted by Crippen LogP contribution is 2.19. The van der Waals surface area contributed by atoms with Crippen LogP contribution in [-0.2, 0) is 12.8 Å². The van der Waals surface area contributed by atoms with E-state index in [4.69, 9.17) is 0 Å². The van der Waals surface area contributed by atoms with Gasteiger partial charge in [0.15, 0.2) is 0 Å². The SMILES string of the molecule is CCCCc1cccc(C#Cc2ccccc2)c1CCCC. The fraction of sp³-hybridized carbons (Fsp3) is 0.364. The van der Waals surface area contributed by atoms with E-state index in [1.165, 1.54) is 48.8 Å². The fourth-order valence-electron chi connectivity index (χ4n) is 2.66. The molecule has 0 spiro atoms. The van der Waals surface area contributed by atoms with Crippen LogP contribution in [0, 0.1) is 11.8 Å². The summed E-state index contributed by atoms with van der Waals surface area (Å²) in [5.74, 6) is 6.72. The lowest BCUT2D eigenvalue weighted by Gasteiger charge is -2.11. The molecule has 0 heterocycles. The second kappa shape index (κ2) is 9.11. The summed E-state index contributed by atoms with van der Waals surface area (Å²) in [7, 11) is 0. The van der Waals surface area contributed by atoms with Gasteiger partial charge in [0.05, 0.1) is 0 Å². The number of benzene rings is 2. The maximum atomic E-state index is 3.41. The lowest BCUT2D eigenvalue weighted by atomic mass is 9.93. The standard InChI is InChI=1S/C22H26/c1-3-5-13-20-14-10-15-21(22(20)16-6-4-2)18-17-19-11-8-7-9-12-19/h7-12,14-15H,3-6,13,16H2,1-2H3. The van der Waals surface area contributed by atoms with Gasteiger partial charge in [0.25, 0.3) is 0 Å². The normalized spacial score (nSPS) is 10.1. The third kappa shape index (κ3) is 4.78. The number of rotatable bonds is 6. The van der Waals surface area contributed by atoms with Crippen LogP contribution in [0.5, 0.6) is 0 Å². The Morgan fingerprint density at radius 1 is 0.727 bits per heavy atom. The Morgan fingerprint density at radius 2 is 1.45 bits per heavy atom. The minimum atomic E-state index is 1.09. The third-order valence-corrected chi connectivity index (χ3v) is 3.97. The summed E-state index contributed by atoms with van der Waals surface area (Å²) >= 11 is 0. The van der Waals surface area contributed by atoms with Crippen molar-refractivity contribution >= 4 is 0 Å².